The largest absolute Gasteiger partial charge is 0.370 e. The first-order valence-corrected chi connectivity index (χ1v) is 10.3. The second-order valence-electron chi connectivity index (χ2n) is 8.18. The van der Waals surface area contributed by atoms with E-state index in [4.69, 9.17) is 10.5 Å². The molecule has 1 heterocycles. The van der Waals surface area contributed by atoms with Crippen molar-refractivity contribution in [3.05, 3.63) is 24.0 Å². The summed E-state index contributed by atoms with van der Waals surface area (Å²) >= 11 is 0. The van der Waals surface area contributed by atoms with Crippen molar-refractivity contribution in [2.75, 3.05) is 43.1 Å². The summed E-state index contributed by atoms with van der Waals surface area (Å²) in [5, 5.41) is 2.80. The van der Waals surface area contributed by atoms with Crippen molar-refractivity contribution in [1.29, 1.82) is 0 Å². The molecule has 2 amide bonds. The Morgan fingerprint density at radius 3 is 2.72 bits per heavy atom. The Kier molecular flexibility index (Phi) is 7.21. The quantitative estimate of drug-likeness (QED) is 0.689. The van der Waals surface area contributed by atoms with E-state index < -0.39 is 11.9 Å². The summed E-state index contributed by atoms with van der Waals surface area (Å²) in [5.74, 6) is -0.643. The number of halogens is 1. The molecule has 1 aliphatic heterocycles. The summed E-state index contributed by atoms with van der Waals surface area (Å²) in [6.07, 6.45) is 3.33. The molecule has 2 aliphatic rings. The molecule has 1 aromatic rings. The van der Waals surface area contributed by atoms with Crippen molar-refractivity contribution < 1.29 is 18.7 Å². The molecule has 7 nitrogen and oxygen atoms in total. The van der Waals surface area contributed by atoms with Crippen molar-refractivity contribution in [2.24, 2.45) is 11.7 Å². The van der Waals surface area contributed by atoms with Crippen LogP contribution in [-0.2, 0) is 14.3 Å². The molecule has 1 aliphatic carbocycles. The molecular formula is C21H31FN4O3. The van der Waals surface area contributed by atoms with Gasteiger partial charge in [-0.15, -0.1) is 0 Å². The molecule has 1 saturated heterocycles. The molecule has 29 heavy (non-hydrogen) atoms. The average Bonchev–Trinajstić information content (AvgIpc) is 2.61. The zero-order valence-electron chi connectivity index (χ0n) is 17.2. The van der Waals surface area contributed by atoms with Crippen molar-refractivity contribution >= 4 is 23.2 Å². The van der Waals surface area contributed by atoms with Crippen LogP contribution in [0.3, 0.4) is 0 Å². The fourth-order valence-electron chi connectivity index (χ4n) is 3.87. The Morgan fingerprint density at radius 1 is 1.41 bits per heavy atom. The number of amides is 2. The number of ether oxygens (including phenoxy) is 1. The van der Waals surface area contributed by atoms with E-state index in [9.17, 15) is 14.0 Å². The molecule has 0 radical (unpaired) electrons. The van der Waals surface area contributed by atoms with E-state index in [2.05, 4.69) is 24.1 Å². The molecule has 0 bridgehead atoms. The molecule has 160 valence electrons. The predicted molar refractivity (Wildman–Crippen MR) is 110 cm³/mol. The third-order valence-corrected chi connectivity index (χ3v) is 5.54. The van der Waals surface area contributed by atoms with E-state index >= 15 is 0 Å². The van der Waals surface area contributed by atoms with Gasteiger partial charge in [-0.1, -0.05) is 20.3 Å². The van der Waals surface area contributed by atoms with Gasteiger partial charge in [-0.3, -0.25) is 14.5 Å². The van der Waals surface area contributed by atoms with E-state index in [1.165, 1.54) is 23.5 Å². The summed E-state index contributed by atoms with van der Waals surface area (Å²) in [5.41, 5.74) is 6.51. The van der Waals surface area contributed by atoms with E-state index in [0.29, 0.717) is 30.8 Å². The molecule has 0 spiro atoms. The summed E-state index contributed by atoms with van der Waals surface area (Å²) in [6, 6.07) is 4.31. The molecule has 8 heteroatoms. The first-order chi connectivity index (χ1) is 13.9. The maximum Gasteiger partial charge on any atom is 0.253 e. The zero-order valence-corrected chi connectivity index (χ0v) is 17.2. The molecule has 0 unspecified atom stereocenters. The van der Waals surface area contributed by atoms with Crippen LogP contribution in [-0.4, -0.2) is 61.6 Å². The Balaban J connectivity index is 1.71. The highest BCUT2D eigenvalue weighted by atomic mass is 19.1. The summed E-state index contributed by atoms with van der Waals surface area (Å²) < 4.78 is 19.7. The van der Waals surface area contributed by atoms with E-state index in [0.717, 1.165) is 19.4 Å². The maximum absolute atomic E-state index is 14.6. The number of carbonyl (C=O) groups is 2. The Hall–Kier alpha value is -2.03. The Labute approximate surface area is 171 Å². The number of hydrogen-bond donors (Lipinski definition) is 2. The van der Waals surface area contributed by atoms with Crippen molar-refractivity contribution in [2.45, 2.75) is 45.2 Å². The minimum Gasteiger partial charge on any atom is -0.370 e. The lowest BCUT2D eigenvalue weighted by Gasteiger charge is -2.42. The van der Waals surface area contributed by atoms with Gasteiger partial charge >= 0.3 is 0 Å². The van der Waals surface area contributed by atoms with E-state index in [-0.39, 0.29) is 30.7 Å². The molecule has 1 atom stereocenters. The normalized spacial score (nSPS) is 18.8. The predicted octanol–water partition coefficient (Wildman–Crippen LogP) is 1.97. The third-order valence-electron chi connectivity index (χ3n) is 5.54. The van der Waals surface area contributed by atoms with Crippen LogP contribution in [0.15, 0.2) is 18.2 Å². The number of hydrogen-bond acceptors (Lipinski definition) is 5. The van der Waals surface area contributed by atoms with E-state index in [1.54, 1.807) is 6.07 Å². The summed E-state index contributed by atoms with van der Waals surface area (Å²) in [4.78, 5) is 28.4. The van der Waals surface area contributed by atoms with Gasteiger partial charge in [-0.05, 0) is 37.0 Å². The molecule has 0 aromatic heterocycles. The number of nitrogens with zero attached hydrogens (tertiary/aromatic N) is 2. The SMILES string of the molecule is CC(C)CN(C1CCC1)[C@@H](CN)C(=O)Nc1ccc(N2CCOCC2=O)c(F)c1. The van der Waals surface area contributed by atoms with Crippen LogP contribution in [0.25, 0.3) is 0 Å². The van der Waals surface area contributed by atoms with Crippen LogP contribution in [0.5, 0.6) is 0 Å². The Bertz CT molecular complexity index is 739. The lowest BCUT2D eigenvalue weighted by Crippen LogP contribution is -2.55. The van der Waals surface area contributed by atoms with Crippen molar-refractivity contribution in [3.63, 3.8) is 0 Å². The topological polar surface area (TPSA) is 87.9 Å². The van der Waals surface area contributed by atoms with Crippen LogP contribution < -0.4 is 16.0 Å². The first-order valence-electron chi connectivity index (χ1n) is 10.3. The number of benzene rings is 1. The van der Waals surface area contributed by atoms with Gasteiger partial charge < -0.3 is 20.7 Å². The van der Waals surface area contributed by atoms with Gasteiger partial charge in [0.1, 0.15) is 18.5 Å². The highest BCUT2D eigenvalue weighted by Gasteiger charge is 2.34. The van der Waals surface area contributed by atoms with Crippen LogP contribution >= 0.6 is 0 Å². The molecule has 2 fully saturated rings. The van der Waals surface area contributed by atoms with Crippen LogP contribution in [0.1, 0.15) is 33.1 Å². The number of rotatable bonds is 8. The minimum atomic E-state index is -0.555. The number of morpholine rings is 1. The monoisotopic (exact) mass is 406 g/mol. The standard InChI is InChI=1S/C21H31FN4O3/c1-14(2)12-26(16-4-3-5-16)19(11-23)21(28)24-15-6-7-18(17(22)10-15)25-8-9-29-13-20(25)27/h6-7,10,14,16,19H,3-5,8-9,11-13,23H2,1-2H3,(H,24,28)/t19-/m0/s1. The molecular weight excluding hydrogens is 375 g/mol. The zero-order chi connectivity index (χ0) is 21.0. The van der Waals surface area contributed by atoms with Gasteiger partial charge in [-0.25, -0.2) is 4.39 Å². The third kappa shape index (κ3) is 5.12. The minimum absolute atomic E-state index is 0.0526. The summed E-state index contributed by atoms with van der Waals surface area (Å²) in [7, 11) is 0. The van der Waals surface area contributed by atoms with Gasteiger partial charge in [0.2, 0.25) is 5.91 Å². The molecule has 3 rings (SSSR count). The van der Waals surface area contributed by atoms with Gasteiger partial charge in [-0.2, -0.15) is 0 Å². The summed E-state index contributed by atoms with van der Waals surface area (Å²) in [6.45, 7) is 5.88. The highest BCUT2D eigenvalue weighted by molar-refractivity contribution is 5.97. The lowest BCUT2D eigenvalue weighted by molar-refractivity contribution is -0.126. The van der Waals surface area contributed by atoms with Gasteiger partial charge in [0.25, 0.3) is 5.91 Å². The van der Waals surface area contributed by atoms with Gasteiger partial charge in [0.15, 0.2) is 0 Å². The van der Waals surface area contributed by atoms with E-state index in [1.807, 2.05) is 0 Å². The molecule has 3 N–H and O–H groups in total. The molecule has 1 saturated carbocycles. The van der Waals surface area contributed by atoms with Gasteiger partial charge in [0, 0.05) is 31.4 Å². The number of nitrogens with two attached hydrogens (primary N) is 1. The number of anilines is 2. The second-order valence-corrected chi connectivity index (χ2v) is 8.18. The number of nitrogens with one attached hydrogen (secondary N) is 1. The van der Waals surface area contributed by atoms with Crippen LogP contribution in [0.4, 0.5) is 15.8 Å². The molecule has 1 aromatic carbocycles. The highest BCUT2D eigenvalue weighted by Crippen LogP contribution is 2.28. The van der Waals surface area contributed by atoms with Crippen LogP contribution in [0.2, 0.25) is 0 Å². The fraction of sp³-hybridized carbons (Fsp3) is 0.619. The lowest BCUT2D eigenvalue weighted by atomic mass is 9.89. The van der Waals surface area contributed by atoms with Crippen molar-refractivity contribution in [3.8, 4) is 0 Å². The van der Waals surface area contributed by atoms with Gasteiger partial charge in [0.05, 0.1) is 12.3 Å². The average molecular weight is 407 g/mol. The van der Waals surface area contributed by atoms with Crippen LogP contribution in [0, 0.1) is 11.7 Å². The van der Waals surface area contributed by atoms with Crippen molar-refractivity contribution in [1.82, 2.24) is 4.90 Å². The maximum atomic E-state index is 14.6. The first kappa shape index (κ1) is 21.7. The smallest absolute Gasteiger partial charge is 0.253 e. The number of carbonyl (C=O) groups excluding carboxylic acids is 2. The second kappa shape index (κ2) is 9.65. The Morgan fingerprint density at radius 2 is 2.17 bits per heavy atom. The fourth-order valence-corrected chi connectivity index (χ4v) is 3.87.